The smallest absolute Gasteiger partial charge is 0.316 e. The van der Waals surface area contributed by atoms with Crippen LogP contribution in [0.4, 0.5) is 0 Å². The third kappa shape index (κ3) is 9.69. The highest BCUT2D eigenvalue weighted by Gasteiger charge is 2.38. The Morgan fingerprint density at radius 3 is 1.84 bits per heavy atom. The SMILES string of the molecule is O=[PH](O)OCC(Br)C(Br)(CC(Br)CBr)CC(Br)CBr. The van der Waals surface area contributed by atoms with Gasteiger partial charge in [0.05, 0.1) is 11.4 Å². The molecule has 0 fully saturated rings. The molecule has 0 aliphatic carbocycles. The van der Waals surface area contributed by atoms with Gasteiger partial charge >= 0.3 is 8.25 Å². The molecule has 0 radical (unpaired) electrons. The highest BCUT2D eigenvalue weighted by Crippen LogP contribution is 2.41. The second-order valence-electron chi connectivity index (χ2n) is 3.99. The molecule has 0 heterocycles. The molecule has 0 aromatic rings. The molecule has 0 aliphatic heterocycles. The molecule has 0 saturated carbocycles. The van der Waals surface area contributed by atoms with E-state index < -0.39 is 8.25 Å². The Kier molecular flexibility index (Phi) is 13.4. The van der Waals surface area contributed by atoms with E-state index in [9.17, 15) is 4.57 Å². The third-order valence-electron chi connectivity index (χ3n) is 2.37. The van der Waals surface area contributed by atoms with Crippen LogP contribution in [0, 0.1) is 0 Å². The second kappa shape index (κ2) is 11.5. The lowest BCUT2D eigenvalue weighted by Crippen LogP contribution is -2.40. The molecule has 19 heavy (non-hydrogen) atoms. The van der Waals surface area contributed by atoms with Gasteiger partial charge in [-0.3, -0.25) is 4.57 Å². The summed E-state index contributed by atoms with van der Waals surface area (Å²) in [4.78, 5) is 9.31. The van der Waals surface area contributed by atoms with Crippen molar-refractivity contribution in [3.05, 3.63) is 0 Å². The van der Waals surface area contributed by atoms with Crippen molar-refractivity contribution in [2.75, 3.05) is 17.3 Å². The molecular weight excluding hydrogens is 666 g/mol. The minimum absolute atomic E-state index is 0.0701. The minimum Gasteiger partial charge on any atom is -0.326 e. The summed E-state index contributed by atoms with van der Waals surface area (Å²) in [7, 11) is -2.90. The zero-order valence-corrected chi connectivity index (χ0v) is 20.3. The van der Waals surface area contributed by atoms with Crippen LogP contribution in [0.25, 0.3) is 0 Å². The highest BCUT2D eigenvalue weighted by atomic mass is 79.9. The van der Waals surface area contributed by atoms with Crippen LogP contribution in [-0.4, -0.2) is 41.0 Å². The summed E-state index contributed by atoms with van der Waals surface area (Å²) in [5.74, 6) is 0. The van der Waals surface area contributed by atoms with Gasteiger partial charge in [0, 0.05) is 24.6 Å². The summed E-state index contributed by atoms with van der Waals surface area (Å²) in [5, 5.41) is 1.66. The monoisotopic (exact) mass is 676 g/mol. The maximum Gasteiger partial charge on any atom is 0.316 e. The summed E-state index contributed by atoms with van der Waals surface area (Å²) in [6, 6.07) is 0. The summed E-state index contributed by atoms with van der Waals surface area (Å²) in [5.41, 5.74) is 0. The summed E-state index contributed by atoms with van der Waals surface area (Å²) < 4.78 is 15.3. The van der Waals surface area contributed by atoms with Gasteiger partial charge in [0.1, 0.15) is 0 Å². The van der Waals surface area contributed by atoms with Gasteiger partial charge in [-0.2, -0.15) is 0 Å². The normalized spacial score (nSPS) is 21.4. The first-order valence-corrected chi connectivity index (χ1v) is 12.4. The van der Waals surface area contributed by atoms with Crippen molar-refractivity contribution in [1.29, 1.82) is 0 Å². The first kappa shape index (κ1) is 22.0. The van der Waals surface area contributed by atoms with Crippen LogP contribution in [0.3, 0.4) is 0 Å². The first-order valence-electron chi connectivity index (χ1n) is 5.34. The largest absolute Gasteiger partial charge is 0.326 e. The zero-order chi connectivity index (χ0) is 15.1. The fourth-order valence-corrected chi connectivity index (χ4v) is 5.93. The summed E-state index contributed by atoms with van der Waals surface area (Å²) >= 11 is 21.4. The summed E-state index contributed by atoms with van der Waals surface area (Å²) in [6.45, 7) is 0.184. The lowest BCUT2D eigenvalue weighted by atomic mass is 9.94. The predicted molar refractivity (Wildman–Crippen MR) is 104 cm³/mol. The molecule has 0 amide bonds. The van der Waals surface area contributed by atoms with Crippen LogP contribution in [0.1, 0.15) is 12.8 Å². The van der Waals surface area contributed by atoms with Gasteiger partial charge in [-0.25, -0.2) is 0 Å². The topological polar surface area (TPSA) is 46.5 Å². The van der Waals surface area contributed by atoms with Gasteiger partial charge in [-0.1, -0.05) is 95.6 Å². The molecular formula is C9H15Br6O3P. The van der Waals surface area contributed by atoms with E-state index in [1.807, 2.05) is 0 Å². The molecule has 3 nitrogen and oxygen atoms in total. The summed E-state index contributed by atoms with van der Waals surface area (Å²) in [6.07, 6.45) is 1.69. The van der Waals surface area contributed by atoms with Crippen molar-refractivity contribution in [2.24, 2.45) is 0 Å². The lowest BCUT2D eigenvalue weighted by Gasteiger charge is -2.35. The Bertz CT molecular complexity index is 271. The van der Waals surface area contributed by atoms with Gasteiger partial charge in [-0.15, -0.1) is 0 Å². The number of hydrogen-bond donors (Lipinski definition) is 1. The first-order chi connectivity index (χ1) is 8.75. The Morgan fingerprint density at radius 1 is 1.11 bits per heavy atom. The van der Waals surface area contributed by atoms with Crippen LogP contribution in [-0.2, 0) is 9.09 Å². The molecule has 0 aromatic heterocycles. The maximum atomic E-state index is 10.7. The van der Waals surface area contributed by atoms with E-state index in [1.165, 1.54) is 0 Å². The molecule has 116 valence electrons. The molecule has 0 aromatic carbocycles. The molecule has 4 unspecified atom stereocenters. The molecule has 0 spiro atoms. The number of hydrogen-bond acceptors (Lipinski definition) is 2. The molecule has 10 heteroatoms. The van der Waals surface area contributed by atoms with Crippen LogP contribution >= 0.6 is 104 Å². The standard InChI is InChI=1S/C9H15Br6O3P/c10-3-6(12)1-9(15,2-7(13)4-11)8(14)5-18-19(16)17/h6-8,19H,1-5H2,(H,16,17). The highest BCUT2D eigenvalue weighted by molar-refractivity contribution is 9.13. The Labute approximate surface area is 165 Å². The van der Waals surface area contributed by atoms with Crippen molar-refractivity contribution in [3.8, 4) is 0 Å². The minimum atomic E-state index is -2.90. The van der Waals surface area contributed by atoms with Crippen molar-refractivity contribution in [2.45, 2.75) is 31.6 Å². The second-order valence-corrected chi connectivity index (χ2v) is 11.4. The Morgan fingerprint density at radius 2 is 1.53 bits per heavy atom. The lowest BCUT2D eigenvalue weighted by molar-refractivity contribution is 0.267. The van der Waals surface area contributed by atoms with Crippen molar-refractivity contribution in [3.63, 3.8) is 0 Å². The van der Waals surface area contributed by atoms with Gasteiger partial charge in [0.25, 0.3) is 0 Å². The predicted octanol–water partition coefficient (Wildman–Crippen LogP) is 5.38. The van der Waals surface area contributed by atoms with E-state index in [0.29, 0.717) is 9.65 Å². The zero-order valence-electron chi connectivity index (χ0n) is 9.80. The molecule has 0 saturated heterocycles. The van der Waals surface area contributed by atoms with Crippen LogP contribution in [0.15, 0.2) is 0 Å². The Hall–Kier alpha value is 3.03. The van der Waals surface area contributed by atoms with Crippen molar-refractivity contribution in [1.82, 2.24) is 0 Å². The number of alkyl halides is 6. The van der Waals surface area contributed by atoms with E-state index in [-0.39, 0.29) is 15.8 Å². The van der Waals surface area contributed by atoms with E-state index in [0.717, 1.165) is 23.5 Å². The van der Waals surface area contributed by atoms with E-state index >= 15 is 0 Å². The van der Waals surface area contributed by atoms with Crippen LogP contribution in [0.5, 0.6) is 0 Å². The quantitative estimate of drug-likeness (QED) is 0.249. The molecule has 4 atom stereocenters. The third-order valence-corrected chi connectivity index (χ3v) is 10.3. The molecule has 0 rings (SSSR count). The number of rotatable bonds is 10. The van der Waals surface area contributed by atoms with Gasteiger partial charge in [-0.05, 0) is 12.8 Å². The molecule has 0 bridgehead atoms. The van der Waals surface area contributed by atoms with E-state index in [2.05, 4.69) is 95.6 Å². The van der Waals surface area contributed by atoms with Gasteiger partial charge in [0.2, 0.25) is 0 Å². The van der Waals surface area contributed by atoms with E-state index in [1.54, 1.807) is 0 Å². The fourth-order valence-electron chi connectivity index (χ4n) is 1.48. The van der Waals surface area contributed by atoms with Gasteiger partial charge < -0.3 is 9.42 Å². The van der Waals surface area contributed by atoms with Crippen LogP contribution < -0.4 is 0 Å². The van der Waals surface area contributed by atoms with Crippen LogP contribution in [0.2, 0.25) is 0 Å². The maximum absolute atomic E-state index is 10.7. The molecule has 1 N–H and O–H groups in total. The van der Waals surface area contributed by atoms with Crippen molar-refractivity contribution >= 4 is 104 Å². The average molecular weight is 682 g/mol. The molecule has 0 aliphatic rings. The Balaban J connectivity index is 4.75. The van der Waals surface area contributed by atoms with Gasteiger partial charge in [0.15, 0.2) is 0 Å². The van der Waals surface area contributed by atoms with E-state index in [4.69, 9.17) is 9.42 Å². The average Bonchev–Trinajstić information content (AvgIpc) is 2.34. The van der Waals surface area contributed by atoms with Crippen molar-refractivity contribution < 1.29 is 14.0 Å². The number of halogens is 6. The fraction of sp³-hybridized carbons (Fsp3) is 1.00.